The molecule has 2 heterocycles. The number of benzene rings is 2. The molecule has 0 spiro atoms. The number of carbonyl (C=O) groups is 1. The van der Waals surface area contributed by atoms with Gasteiger partial charge in [-0.2, -0.15) is 0 Å². The SMILES string of the molecule is O=C(O)c1cc(-c2cccc(-c3ccco3)c2)nc2ccccc12. The molecule has 0 atom stereocenters. The number of nitrogens with zero attached hydrogens (tertiary/aromatic N) is 1. The van der Waals surface area contributed by atoms with E-state index in [1.807, 2.05) is 54.6 Å². The van der Waals surface area contributed by atoms with Crippen LogP contribution in [-0.2, 0) is 0 Å². The van der Waals surface area contributed by atoms with Crippen LogP contribution in [0.4, 0.5) is 0 Å². The summed E-state index contributed by atoms with van der Waals surface area (Å²) in [7, 11) is 0. The normalized spacial score (nSPS) is 10.8. The smallest absolute Gasteiger partial charge is 0.336 e. The third-order valence-electron chi connectivity index (χ3n) is 3.91. The van der Waals surface area contributed by atoms with Crippen LogP contribution in [0.1, 0.15) is 10.4 Å². The van der Waals surface area contributed by atoms with Crippen molar-refractivity contribution in [3.63, 3.8) is 0 Å². The predicted octanol–water partition coefficient (Wildman–Crippen LogP) is 4.86. The number of para-hydroxylation sites is 1. The molecule has 24 heavy (non-hydrogen) atoms. The first-order chi connectivity index (χ1) is 11.7. The number of aromatic nitrogens is 1. The first kappa shape index (κ1) is 14.2. The van der Waals surface area contributed by atoms with Gasteiger partial charge in [-0.15, -0.1) is 0 Å². The molecule has 0 aliphatic heterocycles. The number of carboxylic acids is 1. The monoisotopic (exact) mass is 315 g/mol. The molecule has 0 amide bonds. The number of carboxylic acid groups (broad SMARTS) is 1. The van der Waals surface area contributed by atoms with Crippen LogP contribution >= 0.6 is 0 Å². The van der Waals surface area contributed by atoms with Crippen molar-refractivity contribution in [2.45, 2.75) is 0 Å². The van der Waals surface area contributed by atoms with E-state index in [0.29, 0.717) is 16.6 Å². The highest BCUT2D eigenvalue weighted by molar-refractivity contribution is 6.03. The molecule has 0 radical (unpaired) electrons. The molecule has 4 nitrogen and oxygen atoms in total. The van der Waals surface area contributed by atoms with Gasteiger partial charge in [0, 0.05) is 16.5 Å². The molecule has 2 aromatic heterocycles. The number of fused-ring (bicyclic) bond motifs is 1. The highest BCUT2D eigenvalue weighted by atomic mass is 16.4. The summed E-state index contributed by atoms with van der Waals surface area (Å²) >= 11 is 0. The van der Waals surface area contributed by atoms with E-state index in [4.69, 9.17) is 4.42 Å². The number of pyridine rings is 1. The van der Waals surface area contributed by atoms with E-state index in [1.54, 1.807) is 18.4 Å². The lowest BCUT2D eigenvalue weighted by molar-refractivity contribution is 0.0699. The fourth-order valence-corrected chi connectivity index (χ4v) is 2.77. The van der Waals surface area contributed by atoms with E-state index in [0.717, 1.165) is 16.9 Å². The van der Waals surface area contributed by atoms with Gasteiger partial charge in [-0.3, -0.25) is 0 Å². The zero-order valence-electron chi connectivity index (χ0n) is 12.6. The summed E-state index contributed by atoms with van der Waals surface area (Å²) in [6.45, 7) is 0. The quantitative estimate of drug-likeness (QED) is 0.586. The standard InChI is InChI=1S/C20H13NO3/c22-20(23)16-12-18(21-17-8-2-1-7-15(16)17)13-5-3-6-14(11-13)19-9-4-10-24-19/h1-12H,(H,22,23). The molecule has 0 bridgehead atoms. The zero-order chi connectivity index (χ0) is 16.5. The summed E-state index contributed by atoms with van der Waals surface area (Å²) in [5.74, 6) is -0.201. The molecule has 116 valence electrons. The molecule has 0 saturated heterocycles. The van der Waals surface area contributed by atoms with E-state index in [-0.39, 0.29) is 5.56 Å². The minimum atomic E-state index is -0.961. The maximum atomic E-state index is 11.6. The average Bonchev–Trinajstić information content (AvgIpc) is 3.15. The van der Waals surface area contributed by atoms with Crippen molar-refractivity contribution < 1.29 is 14.3 Å². The molecule has 0 aliphatic rings. The highest BCUT2D eigenvalue weighted by Crippen LogP contribution is 2.28. The van der Waals surface area contributed by atoms with Crippen molar-refractivity contribution in [1.82, 2.24) is 4.98 Å². The Morgan fingerprint density at radius 2 is 1.75 bits per heavy atom. The Labute approximate surface area is 138 Å². The molecule has 2 aromatic carbocycles. The zero-order valence-corrected chi connectivity index (χ0v) is 12.6. The van der Waals surface area contributed by atoms with E-state index < -0.39 is 5.97 Å². The molecule has 4 rings (SSSR count). The van der Waals surface area contributed by atoms with Crippen molar-refractivity contribution in [2.75, 3.05) is 0 Å². The van der Waals surface area contributed by atoms with Crippen LogP contribution in [-0.4, -0.2) is 16.1 Å². The van der Waals surface area contributed by atoms with Crippen molar-refractivity contribution >= 4 is 16.9 Å². The van der Waals surface area contributed by atoms with Crippen LogP contribution in [0.2, 0.25) is 0 Å². The van der Waals surface area contributed by atoms with Crippen LogP contribution in [0.15, 0.2) is 77.4 Å². The molecule has 0 saturated carbocycles. The largest absolute Gasteiger partial charge is 0.478 e. The maximum Gasteiger partial charge on any atom is 0.336 e. The molecule has 4 aromatic rings. The summed E-state index contributed by atoms with van der Waals surface area (Å²) in [5.41, 5.74) is 3.30. The number of rotatable bonds is 3. The summed E-state index contributed by atoms with van der Waals surface area (Å²) in [6, 6.07) is 20.3. The van der Waals surface area contributed by atoms with Gasteiger partial charge in [-0.25, -0.2) is 9.78 Å². The van der Waals surface area contributed by atoms with Gasteiger partial charge in [0.25, 0.3) is 0 Å². The first-order valence-corrected chi connectivity index (χ1v) is 7.50. The minimum Gasteiger partial charge on any atom is -0.478 e. The van der Waals surface area contributed by atoms with Gasteiger partial charge >= 0.3 is 5.97 Å². The van der Waals surface area contributed by atoms with E-state index in [9.17, 15) is 9.90 Å². The second-order valence-corrected chi connectivity index (χ2v) is 5.44. The van der Waals surface area contributed by atoms with Gasteiger partial charge in [0.05, 0.1) is 23.0 Å². The third kappa shape index (κ3) is 2.44. The second-order valence-electron chi connectivity index (χ2n) is 5.44. The molecular formula is C20H13NO3. The Morgan fingerprint density at radius 3 is 2.54 bits per heavy atom. The number of aromatic carboxylic acids is 1. The fourth-order valence-electron chi connectivity index (χ4n) is 2.77. The van der Waals surface area contributed by atoms with Gasteiger partial charge in [0.2, 0.25) is 0 Å². The van der Waals surface area contributed by atoms with Crippen molar-refractivity contribution in [3.8, 4) is 22.6 Å². The highest BCUT2D eigenvalue weighted by Gasteiger charge is 2.13. The van der Waals surface area contributed by atoms with Gasteiger partial charge in [0.15, 0.2) is 0 Å². The maximum absolute atomic E-state index is 11.6. The van der Waals surface area contributed by atoms with Gasteiger partial charge in [-0.1, -0.05) is 36.4 Å². The lowest BCUT2D eigenvalue weighted by Gasteiger charge is -2.08. The van der Waals surface area contributed by atoms with E-state index in [2.05, 4.69) is 4.98 Å². The summed E-state index contributed by atoms with van der Waals surface area (Å²) in [5, 5.41) is 10.2. The second kappa shape index (κ2) is 5.66. The Hall–Kier alpha value is -3.40. The lowest BCUT2D eigenvalue weighted by Crippen LogP contribution is -2.00. The predicted molar refractivity (Wildman–Crippen MR) is 91.8 cm³/mol. The molecular weight excluding hydrogens is 302 g/mol. The van der Waals surface area contributed by atoms with E-state index >= 15 is 0 Å². The third-order valence-corrected chi connectivity index (χ3v) is 3.91. The molecule has 0 unspecified atom stereocenters. The number of hydrogen-bond acceptors (Lipinski definition) is 3. The van der Waals surface area contributed by atoms with Gasteiger partial charge in [0.1, 0.15) is 5.76 Å². The van der Waals surface area contributed by atoms with Crippen LogP contribution < -0.4 is 0 Å². The summed E-state index contributed by atoms with van der Waals surface area (Å²) in [6.07, 6.45) is 1.62. The van der Waals surface area contributed by atoms with Crippen LogP contribution in [0.3, 0.4) is 0 Å². The van der Waals surface area contributed by atoms with Crippen LogP contribution in [0, 0.1) is 0 Å². The summed E-state index contributed by atoms with van der Waals surface area (Å²) < 4.78 is 5.43. The van der Waals surface area contributed by atoms with Crippen LogP contribution in [0.25, 0.3) is 33.5 Å². The van der Waals surface area contributed by atoms with Crippen molar-refractivity contribution in [3.05, 3.63) is 78.6 Å². The topological polar surface area (TPSA) is 63.3 Å². The Bertz CT molecular complexity index is 1040. The molecule has 1 N–H and O–H groups in total. The van der Waals surface area contributed by atoms with Crippen LogP contribution in [0.5, 0.6) is 0 Å². The van der Waals surface area contributed by atoms with Gasteiger partial charge < -0.3 is 9.52 Å². The minimum absolute atomic E-state index is 0.249. The van der Waals surface area contributed by atoms with Crippen molar-refractivity contribution in [2.24, 2.45) is 0 Å². The molecule has 0 fully saturated rings. The number of hydrogen-bond donors (Lipinski definition) is 1. The first-order valence-electron chi connectivity index (χ1n) is 7.50. The molecule has 4 heteroatoms. The average molecular weight is 315 g/mol. The lowest BCUT2D eigenvalue weighted by atomic mass is 10.0. The Balaban J connectivity index is 1.91. The van der Waals surface area contributed by atoms with Crippen molar-refractivity contribution in [1.29, 1.82) is 0 Å². The Morgan fingerprint density at radius 1 is 0.917 bits per heavy atom. The van der Waals surface area contributed by atoms with Gasteiger partial charge in [-0.05, 0) is 30.3 Å². The number of furan rings is 1. The fraction of sp³-hybridized carbons (Fsp3) is 0. The van der Waals surface area contributed by atoms with E-state index in [1.165, 1.54) is 0 Å². The molecule has 0 aliphatic carbocycles. The Kier molecular flexibility index (Phi) is 3.35. The summed E-state index contributed by atoms with van der Waals surface area (Å²) in [4.78, 5) is 16.2.